The fourth-order valence-corrected chi connectivity index (χ4v) is 15.1. The molecule has 1 aromatic carbocycles. The minimum Gasteiger partial charge on any atom is -0.382 e. The molecular formula is C49H63F2N13O14P2S3. The number of nitrogens with zero attached hydrogens (tertiary/aromatic N) is 8. The number of benzene rings is 1. The molecule has 8 heterocycles. The van der Waals surface area contributed by atoms with E-state index in [0.29, 0.717) is 41.9 Å². The number of nitrogens with one attached hydrogen (secondary N) is 4. The van der Waals surface area contributed by atoms with Gasteiger partial charge in [-0.3, -0.25) is 56.4 Å². The maximum atomic E-state index is 17.0. The van der Waals surface area contributed by atoms with E-state index in [4.69, 9.17) is 45.1 Å². The molecule has 0 saturated carbocycles. The molecule has 34 heteroatoms. The monoisotopic (exact) mass is 1250 g/mol. The van der Waals surface area contributed by atoms with Crippen LogP contribution in [0.2, 0.25) is 0 Å². The molecule has 13 atom stereocenters. The number of alkyl halides is 2. The lowest BCUT2D eigenvalue weighted by Gasteiger charge is -2.30. The molecule has 0 radical (unpaired) electrons. The van der Waals surface area contributed by atoms with Crippen LogP contribution >= 0.6 is 36.7 Å². The highest BCUT2D eigenvalue weighted by atomic mass is 32.7. The Hall–Kier alpha value is -5.37. The number of unbranched alkanes of at least 4 members (excludes halogenated alkanes) is 2. The molecule has 0 aliphatic carbocycles. The van der Waals surface area contributed by atoms with Crippen molar-refractivity contribution in [2.24, 2.45) is 11.8 Å². The smallest absolute Gasteiger partial charge is 0.382 e. The first-order valence-corrected chi connectivity index (χ1v) is 33.4. The molecule has 27 nitrogen and oxygen atoms in total. The molecule has 3 unspecified atom stereocenters. The van der Waals surface area contributed by atoms with Crippen LogP contribution in [0, 0.1) is 11.8 Å². The number of nitrogens with two attached hydrogens (primary N) is 1. The molecule has 5 aromatic rings. The van der Waals surface area contributed by atoms with E-state index >= 15 is 13.3 Å². The third kappa shape index (κ3) is 13.8. The van der Waals surface area contributed by atoms with Gasteiger partial charge in [0.15, 0.2) is 47.4 Å². The summed E-state index contributed by atoms with van der Waals surface area (Å²) in [5.74, 6) is -2.73. The highest BCUT2D eigenvalue weighted by Gasteiger charge is 2.55. The standard InChI is InChI=1S/C49H63F2N13O14P2S3/c1-24(2)35(61-31(65)10-8-7-9-15-62-32(66)16-28(46(62)70)49(4,5)82-6)45(69)59-25(3)43(67)60-27-13-11-26(12-14-27)19-83-80(72)74-18-30-38(33(50)47(76-30)63-22-57-36-40(52)53-20-54-41(36)63)77-79(71,81)73-17-29-39(78-80)34(51)48(75-29)64-23-58-37-42(64)55-21-56-44(37)68/h11-14,20-25,28-30,33-35,38-39,47-48H,7-10,15-19H2,1-6H3,(H,59,69)(H,60,67)(H,61,65)(H,71,81)(H2,52,53,54)(H,55,56,68)/t25-,28?,29+,30+,33+,34+,35-,38+,39+,47+,48+,79?,80?/m0/s1. The Morgan fingerprint density at radius 3 is 2.18 bits per heavy atom. The number of aromatic amines is 1. The van der Waals surface area contributed by atoms with Crippen molar-refractivity contribution in [2.45, 2.75) is 139 Å². The van der Waals surface area contributed by atoms with Crippen molar-refractivity contribution in [3.8, 4) is 0 Å². The third-order valence-corrected chi connectivity index (χ3v) is 21.2. The van der Waals surface area contributed by atoms with E-state index in [0.717, 1.165) is 23.5 Å². The first-order chi connectivity index (χ1) is 39.4. The maximum Gasteiger partial charge on any atom is 0.389 e. The number of likely N-dealkylation sites (tertiary alicyclic amines) is 1. The molecule has 83 heavy (non-hydrogen) atoms. The third-order valence-electron chi connectivity index (χ3n) is 14.7. The van der Waals surface area contributed by atoms with Gasteiger partial charge in [0, 0.05) is 35.6 Å². The number of ether oxygens (including phenoxy) is 2. The van der Waals surface area contributed by atoms with Crippen LogP contribution in [0.1, 0.15) is 84.7 Å². The molecule has 0 bridgehead atoms. The summed E-state index contributed by atoms with van der Waals surface area (Å²) in [6, 6.07) is 4.26. The van der Waals surface area contributed by atoms with E-state index in [-0.39, 0.29) is 87.6 Å². The zero-order chi connectivity index (χ0) is 59.7. The minimum absolute atomic E-state index is 0.00495. The summed E-state index contributed by atoms with van der Waals surface area (Å²) in [4.78, 5) is 113. The number of H-pyrrole nitrogens is 1. The van der Waals surface area contributed by atoms with Gasteiger partial charge in [0.1, 0.15) is 48.3 Å². The number of aromatic nitrogens is 8. The van der Waals surface area contributed by atoms with E-state index < -0.39 is 105 Å². The number of carbonyl (C=O) groups is 5. The van der Waals surface area contributed by atoms with Crippen molar-refractivity contribution < 1.29 is 69.8 Å². The Balaban J connectivity index is 0.831. The highest BCUT2D eigenvalue weighted by molar-refractivity contribution is 8.54. The number of imidazole rings is 2. The van der Waals surface area contributed by atoms with E-state index in [1.807, 2.05) is 20.1 Å². The largest absolute Gasteiger partial charge is 0.389 e. The molecule has 5 amide bonds. The van der Waals surface area contributed by atoms with Crippen LogP contribution in [-0.2, 0) is 73.7 Å². The first kappa shape index (κ1) is 62.2. The molecule has 4 saturated heterocycles. The first-order valence-electron chi connectivity index (χ1n) is 26.4. The van der Waals surface area contributed by atoms with Gasteiger partial charge in [-0.05, 0) is 86.7 Å². The molecular weight excluding hydrogens is 1190 g/mol. The van der Waals surface area contributed by atoms with Crippen LogP contribution in [0.3, 0.4) is 0 Å². The van der Waals surface area contributed by atoms with Gasteiger partial charge in [-0.1, -0.05) is 32.4 Å². The highest BCUT2D eigenvalue weighted by Crippen LogP contribution is 2.65. The molecule has 450 valence electrons. The van der Waals surface area contributed by atoms with Crippen LogP contribution in [0.15, 0.2) is 54.4 Å². The summed E-state index contributed by atoms with van der Waals surface area (Å²) in [6.07, 6.45) is -5.59. The van der Waals surface area contributed by atoms with Crippen molar-refractivity contribution in [1.29, 1.82) is 0 Å². The topological polar surface area (TPSA) is 351 Å². The number of hydrogen-bond donors (Lipinski definition) is 6. The minimum atomic E-state index is -4.64. The molecule has 7 N–H and O–H groups in total. The number of nitrogen functional groups attached to an aromatic ring is 1. The second-order valence-electron chi connectivity index (χ2n) is 21.0. The predicted molar refractivity (Wildman–Crippen MR) is 303 cm³/mol. The number of thioether (sulfide) groups is 1. The molecule has 4 aliphatic heterocycles. The van der Waals surface area contributed by atoms with Crippen molar-refractivity contribution in [3.05, 3.63) is 65.5 Å². The van der Waals surface area contributed by atoms with Gasteiger partial charge in [0.25, 0.3) is 5.56 Å². The van der Waals surface area contributed by atoms with E-state index in [1.165, 1.54) is 22.7 Å². The number of halogens is 2. The Bertz CT molecular complexity index is 3400. The summed E-state index contributed by atoms with van der Waals surface area (Å²) in [6.45, 7) is -1.38. The normalized spacial score (nSPS) is 28.6. The van der Waals surface area contributed by atoms with Crippen LogP contribution in [0.25, 0.3) is 22.3 Å². The number of carbonyl (C=O) groups excluding carboxylic acids is 5. The number of anilines is 2. The zero-order valence-corrected chi connectivity index (χ0v) is 49.9. The quantitative estimate of drug-likeness (QED) is 0.0369. The van der Waals surface area contributed by atoms with Gasteiger partial charge in [0.2, 0.25) is 29.5 Å². The fraction of sp³-hybridized carbons (Fsp3) is 0.571. The number of imide groups is 1. The maximum absolute atomic E-state index is 17.0. The summed E-state index contributed by atoms with van der Waals surface area (Å²) in [7, 11) is 0. The summed E-state index contributed by atoms with van der Waals surface area (Å²) < 4.78 is 86.5. The summed E-state index contributed by atoms with van der Waals surface area (Å²) in [5.41, 5.74) is 6.22. The van der Waals surface area contributed by atoms with Gasteiger partial charge in [-0.2, -0.15) is 11.8 Å². The van der Waals surface area contributed by atoms with Crippen LogP contribution in [-0.4, -0.2) is 158 Å². The van der Waals surface area contributed by atoms with E-state index in [9.17, 15) is 33.7 Å². The van der Waals surface area contributed by atoms with E-state index in [2.05, 4.69) is 45.9 Å². The summed E-state index contributed by atoms with van der Waals surface area (Å²) in [5, 5.41) is 8.17. The Morgan fingerprint density at radius 1 is 0.880 bits per heavy atom. The number of fused-ring (bicyclic) bond motifs is 4. The van der Waals surface area contributed by atoms with Gasteiger partial charge >= 0.3 is 13.5 Å². The molecule has 4 aliphatic rings. The Kier molecular flexibility index (Phi) is 19.2. The number of hydrogen-bond acceptors (Lipinski definition) is 22. The predicted octanol–water partition coefficient (Wildman–Crippen LogP) is 4.75. The van der Waals surface area contributed by atoms with Gasteiger partial charge in [-0.15, -0.1) is 0 Å². The van der Waals surface area contributed by atoms with Crippen LogP contribution in [0.5, 0.6) is 0 Å². The van der Waals surface area contributed by atoms with Gasteiger partial charge < -0.3 is 45.6 Å². The van der Waals surface area contributed by atoms with Crippen molar-refractivity contribution in [2.75, 3.05) is 37.1 Å². The fourth-order valence-electron chi connectivity index (χ4n) is 9.80. The lowest BCUT2D eigenvalue weighted by atomic mass is 9.93. The summed E-state index contributed by atoms with van der Waals surface area (Å²) >= 11 is 7.48. The lowest BCUT2D eigenvalue weighted by molar-refractivity contribution is -0.139. The Labute approximate surface area is 486 Å². The molecule has 4 aromatic heterocycles. The average molecular weight is 1250 g/mol. The van der Waals surface area contributed by atoms with Gasteiger partial charge in [-0.25, -0.2) is 38.3 Å². The van der Waals surface area contributed by atoms with Crippen LogP contribution in [0.4, 0.5) is 20.3 Å². The van der Waals surface area contributed by atoms with Crippen molar-refractivity contribution in [3.63, 3.8) is 0 Å². The zero-order valence-electron chi connectivity index (χ0n) is 45.7. The van der Waals surface area contributed by atoms with Crippen molar-refractivity contribution >= 4 is 112 Å². The SMILES string of the molecule is CSC(C)(C)C1CC(=O)N(CCCCCC(=O)N[C@H](C(=O)N[C@@H](C)C(=O)Nc2ccc(CSP3(=O)OC[C@H]4O[C@@H](n5cnc6c(N)ncnc65)[C@H](F)[C@@H]4OP(O)(=S)OC[C@H]4O[C@@H](n5cnc6c(=O)[nH]cnc65)[C@H](F)[C@@H]4O3)cc2)C(C)C)C1=O. The lowest BCUT2D eigenvalue weighted by Crippen LogP contribution is -2.53. The molecule has 9 rings (SSSR count). The Morgan fingerprint density at radius 2 is 1.52 bits per heavy atom. The second kappa shape index (κ2) is 25.7. The molecule has 0 spiro atoms. The van der Waals surface area contributed by atoms with Crippen LogP contribution < -0.4 is 27.2 Å². The average Bonchev–Trinajstić information content (AvgIpc) is 3.40. The number of rotatable bonds is 19. The second-order valence-corrected chi connectivity index (χ2v) is 29.3. The molecule has 4 fully saturated rings. The van der Waals surface area contributed by atoms with Gasteiger partial charge in [0.05, 0.1) is 38.1 Å². The number of amides is 5. The van der Waals surface area contributed by atoms with Crippen molar-refractivity contribution in [1.82, 2.24) is 54.6 Å². The van der Waals surface area contributed by atoms with E-state index in [1.54, 1.807) is 49.9 Å².